The number of alkyl halides is 4. The van der Waals surface area contributed by atoms with Crippen LogP contribution in [0, 0.1) is 0 Å². The number of rotatable bonds is 2. The van der Waals surface area contributed by atoms with Crippen LogP contribution < -0.4 is 0 Å². The Morgan fingerprint density at radius 3 is 1.74 bits per heavy atom. The van der Waals surface area contributed by atoms with E-state index >= 15 is 0 Å². The lowest BCUT2D eigenvalue weighted by atomic mass is 9.91. The lowest BCUT2D eigenvalue weighted by Gasteiger charge is -2.35. The summed E-state index contributed by atoms with van der Waals surface area (Å²) in [5, 5.41) is 0.452. The van der Waals surface area contributed by atoms with Crippen LogP contribution in [0.3, 0.4) is 0 Å². The monoisotopic (exact) mass is 352 g/mol. The van der Waals surface area contributed by atoms with Gasteiger partial charge in [0.05, 0.1) is 0 Å². The van der Waals surface area contributed by atoms with Crippen LogP contribution in [-0.2, 0) is 4.87 Å². The lowest BCUT2D eigenvalue weighted by Crippen LogP contribution is -2.36. The normalized spacial score (nSPS) is 15.0. The summed E-state index contributed by atoms with van der Waals surface area (Å²) in [5.41, 5.74) is 1.23. The molecule has 2 rings (SSSR count). The van der Waals surface area contributed by atoms with Gasteiger partial charge in [-0.05, 0) is 11.6 Å². The zero-order chi connectivity index (χ0) is 14.1. The molecule has 0 aromatic heterocycles. The van der Waals surface area contributed by atoms with E-state index in [9.17, 15) is 0 Å². The molecule has 1 unspecified atom stereocenters. The molecule has 0 nitrogen and oxygen atoms in total. The largest absolute Gasteiger partial charge is 0.217 e. The van der Waals surface area contributed by atoms with Crippen LogP contribution in [0.25, 0.3) is 0 Å². The van der Waals surface area contributed by atoms with Crippen LogP contribution >= 0.6 is 58.0 Å². The third-order valence-electron chi connectivity index (χ3n) is 2.81. The van der Waals surface area contributed by atoms with E-state index in [-0.39, 0.29) is 0 Å². The van der Waals surface area contributed by atoms with Gasteiger partial charge < -0.3 is 0 Å². The predicted molar refractivity (Wildman–Crippen MR) is 84.8 cm³/mol. The lowest BCUT2D eigenvalue weighted by molar-refractivity contribution is 0.748. The molecule has 100 valence electrons. The highest BCUT2D eigenvalue weighted by Crippen LogP contribution is 2.55. The summed E-state index contributed by atoms with van der Waals surface area (Å²) in [6.45, 7) is 0. The third kappa shape index (κ3) is 2.84. The molecule has 1 atom stereocenters. The Hall–Kier alpha value is -0.110. The predicted octanol–water partition coefficient (Wildman–Crippen LogP) is 6.19. The number of benzene rings is 2. The molecule has 0 N–H and O–H groups in total. The summed E-state index contributed by atoms with van der Waals surface area (Å²) in [6.07, 6.45) is 0. The standard InChI is InChI=1S/C14H9Cl5/c15-12-9-5-4-8-11(12)13(16,14(17,18)19)10-6-2-1-3-7-10/h1-9H. The molecule has 0 aliphatic rings. The summed E-state index contributed by atoms with van der Waals surface area (Å²) in [5.74, 6) is 0. The first-order valence-electron chi connectivity index (χ1n) is 5.43. The molecule has 0 heterocycles. The molecule has 5 heteroatoms. The van der Waals surface area contributed by atoms with Gasteiger partial charge in [0.2, 0.25) is 3.79 Å². The van der Waals surface area contributed by atoms with Crippen molar-refractivity contribution in [2.45, 2.75) is 8.67 Å². The minimum Gasteiger partial charge on any atom is -0.104 e. The van der Waals surface area contributed by atoms with Gasteiger partial charge >= 0.3 is 0 Å². The van der Waals surface area contributed by atoms with Crippen molar-refractivity contribution < 1.29 is 0 Å². The number of hydrogen-bond donors (Lipinski definition) is 0. The molecule has 0 spiro atoms. The molecule has 0 fully saturated rings. The summed E-state index contributed by atoms with van der Waals surface area (Å²) in [6, 6.07) is 16.2. The minimum atomic E-state index is -1.75. The van der Waals surface area contributed by atoms with Crippen LogP contribution in [0.1, 0.15) is 11.1 Å². The smallest absolute Gasteiger partial charge is 0.104 e. The molecule has 0 aliphatic heterocycles. The molecule has 0 saturated heterocycles. The Kier molecular flexibility index (Phi) is 4.59. The highest BCUT2D eigenvalue weighted by Gasteiger charge is 2.50. The van der Waals surface area contributed by atoms with Gasteiger partial charge in [0, 0.05) is 10.6 Å². The van der Waals surface area contributed by atoms with Crippen LogP contribution in [-0.4, -0.2) is 3.79 Å². The van der Waals surface area contributed by atoms with Crippen molar-refractivity contribution in [1.29, 1.82) is 0 Å². The fraction of sp³-hybridized carbons (Fsp3) is 0.143. The van der Waals surface area contributed by atoms with E-state index in [2.05, 4.69) is 0 Å². The molecule has 2 aromatic rings. The maximum Gasteiger partial charge on any atom is 0.217 e. The van der Waals surface area contributed by atoms with Gasteiger partial charge in [0.25, 0.3) is 0 Å². The van der Waals surface area contributed by atoms with Gasteiger partial charge in [-0.15, -0.1) is 11.6 Å². The quantitative estimate of drug-likeness (QED) is 0.564. The highest BCUT2D eigenvalue weighted by atomic mass is 35.6. The second kappa shape index (κ2) is 5.71. The maximum absolute atomic E-state index is 6.69. The fourth-order valence-electron chi connectivity index (χ4n) is 1.88. The first-order chi connectivity index (χ1) is 8.87. The van der Waals surface area contributed by atoms with Gasteiger partial charge in [-0.1, -0.05) is 94.9 Å². The molecule has 0 radical (unpaired) electrons. The Labute approximate surface area is 137 Å². The average Bonchev–Trinajstić information content (AvgIpc) is 2.38. The molecule has 2 aromatic carbocycles. The summed E-state index contributed by atoms with van der Waals surface area (Å²) < 4.78 is -1.75. The van der Waals surface area contributed by atoms with Gasteiger partial charge in [0.15, 0.2) is 0 Å². The molecular formula is C14H9Cl5. The zero-order valence-electron chi connectivity index (χ0n) is 9.59. The highest BCUT2D eigenvalue weighted by molar-refractivity contribution is 6.71. The Bertz CT molecular complexity index is 562. The van der Waals surface area contributed by atoms with Crippen molar-refractivity contribution in [3.05, 3.63) is 70.7 Å². The van der Waals surface area contributed by atoms with E-state index in [4.69, 9.17) is 58.0 Å². The van der Waals surface area contributed by atoms with Crippen LogP contribution in [0.2, 0.25) is 5.02 Å². The SMILES string of the molecule is Clc1ccccc1C(Cl)(c1ccccc1)C(Cl)(Cl)Cl. The molecule has 0 aliphatic carbocycles. The molecular weight excluding hydrogens is 345 g/mol. The summed E-state index contributed by atoms with van der Waals surface area (Å²) in [7, 11) is 0. The van der Waals surface area contributed by atoms with Crippen molar-refractivity contribution in [3.8, 4) is 0 Å². The van der Waals surface area contributed by atoms with Gasteiger partial charge in [-0.3, -0.25) is 0 Å². The van der Waals surface area contributed by atoms with Crippen molar-refractivity contribution in [2.75, 3.05) is 0 Å². The van der Waals surface area contributed by atoms with E-state index in [1.165, 1.54) is 0 Å². The Morgan fingerprint density at radius 2 is 1.21 bits per heavy atom. The van der Waals surface area contributed by atoms with Gasteiger partial charge in [-0.25, -0.2) is 0 Å². The van der Waals surface area contributed by atoms with Crippen LogP contribution in [0.5, 0.6) is 0 Å². The van der Waals surface area contributed by atoms with E-state index in [1.54, 1.807) is 36.4 Å². The molecule has 0 bridgehead atoms. The first kappa shape index (κ1) is 15.3. The summed E-state index contributed by atoms with van der Waals surface area (Å²) >= 11 is 31.3. The van der Waals surface area contributed by atoms with Gasteiger partial charge in [-0.2, -0.15) is 0 Å². The van der Waals surface area contributed by atoms with E-state index < -0.39 is 8.67 Å². The van der Waals surface area contributed by atoms with Gasteiger partial charge in [0.1, 0.15) is 4.87 Å². The Balaban J connectivity index is 2.71. The second-order valence-electron chi connectivity index (χ2n) is 4.00. The number of halogens is 5. The van der Waals surface area contributed by atoms with Crippen LogP contribution in [0.4, 0.5) is 0 Å². The maximum atomic E-state index is 6.69. The third-order valence-corrected chi connectivity index (χ3v) is 4.98. The fourth-order valence-corrected chi connectivity index (χ4v) is 3.13. The molecule has 0 saturated carbocycles. The summed E-state index contributed by atoms with van der Waals surface area (Å²) in [4.78, 5) is -1.35. The van der Waals surface area contributed by atoms with E-state index in [0.29, 0.717) is 16.1 Å². The first-order valence-corrected chi connectivity index (χ1v) is 7.32. The average molecular weight is 354 g/mol. The second-order valence-corrected chi connectivity index (χ2v) is 7.26. The molecule has 19 heavy (non-hydrogen) atoms. The van der Waals surface area contributed by atoms with Crippen molar-refractivity contribution in [1.82, 2.24) is 0 Å². The van der Waals surface area contributed by atoms with Crippen molar-refractivity contribution in [3.63, 3.8) is 0 Å². The molecule has 0 amide bonds. The van der Waals surface area contributed by atoms with Crippen LogP contribution in [0.15, 0.2) is 54.6 Å². The minimum absolute atomic E-state index is 0.452. The van der Waals surface area contributed by atoms with Crippen molar-refractivity contribution in [2.24, 2.45) is 0 Å². The Morgan fingerprint density at radius 1 is 0.684 bits per heavy atom. The number of hydrogen-bond acceptors (Lipinski definition) is 0. The van der Waals surface area contributed by atoms with Crippen molar-refractivity contribution >= 4 is 58.0 Å². The van der Waals surface area contributed by atoms with E-state index in [1.807, 2.05) is 18.2 Å². The van der Waals surface area contributed by atoms with E-state index in [0.717, 1.165) is 0 Å². The zero-order valence-corrected chi connectivity index (χ0v) is 13.4. The topological polar surface area (TPSA) is 0 Å².